The standard InChI is InChI=1S/C19H18IN3O3S/c1-26-18-11-14(20)6-7-17(18)13-8-9-21-19(10-13)22-15-4-3-5-16(12-15)23-27(2,24)25/h3-12,23H,1-2H3,(H,21,22). The zero-order valence-corrected chi connectivity index (χ0v) is 17.7. The highest BCUT2D eigenvalue weighted by Crippen LogP contribution is 2.32. The van der Waals surface area contributed by atoms with Gasteiger partial charge in [0.15, 0.2) is 0 Å². The summed E-state index contributed by atoms with van der Waals surface area (Å²) in [5, 5.41) is 3.20. The number of nitrogens with zero attached hydrogens (tertiary/aromatic N) is 1. The molecule has 8 heteroatoms. The molecule has 0 unspecified atom stereocenters. The number of benzene rings is 2. The molecule has 0 aliphatic rings. The Morgan fingerprint density at radius 2 is 1.81 bits per heavy atom. The van der Waals surface area contributed by atoms with E-state index in [1.54, 1.807) is 31.5 Å². The fourth-order valence-corrected chi connectivity index (χ4v) is 3.61. The molecule has 0 saturated heterocycles. The van der Waals surface area contributed by atoms with E-state index in [1.807, 2.05) is 36.4 Å². The van der Waals surface area contributed by atoms with Crippen molar-refractivity contribution in [3.63, 3.8) is 0 Å². The van der Waals surface area contributed by atoms with Crippen LogP contribution in [0.2, 0.25) is 0 Å². The number of hydrogen-bond donors (Lipinski definition) is 2. The van der Waals surface area contributed by atoms with Gasteiger partial charge in [-0.15, -0.1) is 0 Å². The van der Waals surface area contributed by atoms with Crippen molar-refractivity contribution in [3.05, 3.63) is 64.4 Å². The minimum Gasteiger partial charge on any atom is -0.496 e. The monoisotopic (exact) mass is 495 g/mol. The number of methoxy groups -OCH3 is 1. The Hall–Kier alpha value is -2.33. The Bertz CT molecular complexity index is 1070. The SMILES string of the molecule is COc1cc(I)ccc1-c1ccnc(Nc2cccc(NS(C)(=O)=O)c2)c1. The zero-order valence-electron chi connectivity index (χ0n) is 14.7. The lowest BCUT2D eigenvalue weighted by atomic mass is 10.1. The molecular formula is C19H18IN3O3S. The first-order valence-electron chi connectivity index (χ1n) is 7.99. The third-order valence-corrected chi connectivity index (χ3v) is 4.95. The Morgan fingerprint density at radius 1 is 1.04 bits per heavy atom. The second kappa shape index (κ2) is 8.13. The average molecular weight is 495 g/mol. The summed E-state index contributed by atoms with van der Waals surface area (Å²) in [6.45, 7) is 0. The lowest BCUT2D eigenvalue weighted by molar-refractivity contribution is 0.416. The van der Waals surface area contributed by atoms with Gasteiger partial charge < -0.3 is 10.1 Å². The van der Waals surface area contributed by atoms with E-state index in [0.29, 0.717) is 11.5 Å². The molecule has 2 N–H and O–H groups in total. The second-order valence-corrected chi connectivity index (χ2v) is 8.85. The molecule has 140 valence electrons. The van der Waals surface area contributed by atoms with Gasteiger partial charge in [-0.25, -0.2) is 13.4 Å². The summed E-state index contributed by atoms with van der Waals surface area (Å²) >= 11 is 2.25. The number of pyridine rings is 1. The fraction of sp³-hybridized carbons (Fsp3) is 0.105. The van der Waals surface area contributed by atoms with Crippen LogP contribution in [0.4, 0.5) is 17.2 Å². The highest BCUT2D eigenvalue weighted by atomic mass is 127. The topological polar surface area (TPSA) is 80.3 Å². The number of sulfonamides is 1. The Morgan fingerprint density at radius 3 is 2.56 bits per heavy atom. The molecule has 0 spiro atoms. The van der Waals surface area contributed by atoms with Crippen molar-refractivity contribution >= 4 is 49.8 Å². The van der Waals surface area contributed by atoms with Crippen LogP contribution in [0.25, 0.3) is 11.1 Å². The van der Waals surface area contributed by atoms with Gasteiger partial charge in [-0.2, -0.15) is 0 Å². The summed E-state index contributed by atoms with van der Waals surface area (Å²) in [5.41, 5.74) is 3.14. The molecule has 0 amide bonds. The molecule has 27 heavy (non-hydrogen) atoms. The number of nitrogens with one attached hydrogen (secondary N) is 2. The number of aromatic nitrogens is 1. The van der Waals surface area contributed by atoms with Crippen LogP contribution >= 0.6 is 22.6 Å². The van der Waals surface area contributed by atoms with Gasteiger partial charge in [-0.3, -0.25) is 4.72 Å². The second-order valence-electron chi connectivity index (χ2n) is 5.85. The minimum atomic E-state index is -3.33. The Kier molecular flexibility index (Phi) is 5.85. The average Bonchev–Trinajstić information content (AvgIpc) is 2.60. The summed E-state index contributed by atoms with van der Waals surface area (Å²) in [7, 11) is -1.68. The van der Waals surface area contributed by atoms with E-state index in [0.717, 1.165) is 32.4 Å². The highest BCUT2D eigenvalue weighted by molar-refractivity contribution is 14.1. The van der Waals surface area contributed by atoms with Crippen molar-refractivity contribution in [1.29, 1.82) is 0 Å². The predicted molar refractivity (Wildman–Crippen MR) is 117 cm³/mol. The molecule has 0 bridgehead atoms. The van der Waals surface area contributed by atoms with E-state index in [9.17, 15) is 8.42 Å². The van der Waals surface area contributed by atoms with Crippen molar-refractivity contribution in [3.8, 4) is 16.9 Å². The predicted octanol–water partition coefficient (Wildman–Crippen LogP) is 4.48. The van der Waals surface area contributed by atoms with Crippen LogP contribution in [0.15, 0.2) is 60.8 Å². The molecule has 3 rings (SSSR count). The first kappa shape index (κ1) is 19.4. The summed E-state index contributed by atoms with van der Waals surface area (Å²) in [6, 6.07) is 16.8. The first-order chi connectivity index (χ1) is 12.8. The number of ether oxygens (including phenoxy) is 1. The van der Waals surface area contributed by atoms with E-state index in [2.05, 4.69) is 37.6 Å². The maximum Gasteiger partial charge on any atom is 0.229 e. The summed E-state index contributed by atoms with van der Waals surface area (Å²) in [4.78, 5) is 4.35. The van der Waals surface area contributed by atoms with Crippen molar-refractivity contribution in [2.24, 2.45) is 0 Å². The molecule has 0 radical (unpaired) electrons. The maximum absolute atomic E-state index is 11.4. The fourth-order valence-electron chi connectivity index (χ4n) is 2.59. The normalized spacial score (nSPS) is 11.1. The van der Waals surface area contributed by atoms with Gasteiger partial charge in [0.25, 0.3) is 0 Å². The third-order valence-electron chi connectivity index (χ3n) is 3.67. The van der Waals surface area contributed by atoms with E-state index in [-0.39, 0.29) is 0 Å². The van der Waals surface area contributed by atoms with Gasteiger partial charge in [0.05, 0.1) is 19.1 Å². The van der Waals surface area contributed by atoms with E-state index >= 15 is 0 Å². The summed E-state index contributed by atoms with van der Waals surface area (Å²) < 4.78 is 31.8. The molecule has 0 aliphatic carbocycles. The van der Waals surface area contributed by atoms with E-state index in [1.165, 1.54) is 0 Å². The van der Waals surface area contributed by atoms with Crippen molar-refractivity contribution in [2.45, 2.75) is 0 Å². The third kappa shape index (κ3) is 5.33. The van der Waals surface area contributed by atoms with Gasteiger partial charge in [0.2, 0.25) is 10.0 Å². The molecule has 0 saturated carbocycles. The number of rotatable bonds is 6. The highest BCUT2D eigenvalue weighted by Gasteiger charge is 2.08. The van der Waals surface area contributed by atoms with Crippen molar-refractivity contribution in [1.82, 2.24) is 4.98 Å². The molecule has 3 aromatic rings. The molecule has 2 aromatic carbocycles. The summed E-state index contributed by atoms with van der Waals surface area (Å²) in [5.74, 6) is 1.43. The quantitative estimate of drug-likeness (QED) is 0.494. The molecule has 1 heterocycles. The van der Waals surface area contributed by atoms with Gasteiger partial charge in [-0.1, -0.05) is 6.07 Å². The van der Waals surface area contributed by atoms with Crippen LogP contribution in [-0.4, -0.2) is 26.8 Å². The van der Waals surface area contributed by atoms with Crippen molar-refractivity contribution in [2.75, 3.05) is 23.4 Å². The smallest absolute Gasteiger partial charge is 0.229 e. The van der Waals surface area contributed by atoms with Crippen molar-refractivity contribution < 1.29 is 13.2 Å². The lowest BCUT2D eigenvalue weighted by Gasteiger charge is -2.12. The van der Waals surface area contributed by atoms with E-state index < -0.39 is 10.0 Å². The van der Waals surface area contributed by atoms with Gasteiger partial charge in [-0.05, 0) is 76.7 Å². The molecule has 0 fully saturated rings. The zero-order chi connectivity index (χ0) is 19.4. The molecule has 1 aromatic heterocycles. The summed E-state index contributed by atoms with van der Waals surface area (Å²) in [6.07, 6.45) is 2.83. The Balaban J connectivity index is 1.88. The number of halogens is 1. The first-order valence-corrected chi connectivity index (χ1v) is 11.0. The largest absolute Gasteiger partial charge is 0.496 e. The van der Waals surface area contributed by atoms with Crippen LogP contribution in [0, 0.1) is 3.57 Å². The maximum atomic E-state index is 11.4. The number of hydrogen-bond acceptors (Lipinski definition) is 5. The molecule has 6 nitrogen and oxygen atoms in total. The van der Waals surface area contributed by atoms with Crippen LogP contribution < -0.4 is 14.8 Å². The Labute approximate surface area is 172 Å². The molecule has 0 aliphatic heterocycles. The molecule has 0 atom stereocenters. The lowest BCUT2D eigenvalue weighted by Crippen LogP contribution is -2.09. The van der Waals surface area contributed by atoms with Crippen LogP contribution in [0.3, 0.4) is 0 Å². The van der Waals surface area contributed by atoms with E-state index in [4.69, 9.17) is 4.74 Å². The van der Waals surface area contributed by atoms with Crippen LogP contribution in [0.1, 0.15) is 0 Å². The van der Waals surface area contributed by atoms with Gasteiger partial charge in [0.1, 0.15) is 11.6 Å². The molecular weight excluding hydrogens is 477 g/mol. The minimum absolute atomic E-state index is 0.484. The number of anilines is 3. The van der Waals surface area contributed by atoms with Crippen LogP contribution in [0.5, 0.6) is 5.75 Å². The van der Waals surface area contributed by atoms with Gasteiger partial charge >= 0.3 is 0 Å². The van der Waals surface area contributed by atoms with Crippen LogP contribution in [-0.2, 0) is 10.0 Å². The van der Waals surface area contributed by atoms with Gasteiger partial charge in [0, 0.05) is 21.0 Å².